The lowest BCUT2D eigenvalue weighted by Crippen LogP contribution is -2.56. The minimum absolute atomic E-state index is 0.00671. The second-order valence-corrected chi connectivity index (χ2v) is 9.71. The van der Waals surface area contributed by atoms with Crippen LogP contribution < -0.4 is 10.6 Å². The van der Waals surface area contributed by atoms with Gasteiger partial charge < -0.3 is 25.2 Å². The summed E-state index contributed by atoms with van der Waals surface area (Å²) in [6, 6.07) is -0.175. The van der Waals surface area contributed by atoms with E-state index in [0.29, 0.717) is 19.5 Å². The maximum absolute atomic E-state index is 13.3. The van der Waals surface area contributed by atoms with Crippen molar-refractivity contribution in [3.8, 4) is 6.07 Å². The quantitative estimate of drug-likeness (QED) is 0.516. The Morgan fingerprint density at radius 2 is 2.09 bits per heavy atom. The second-order valence-electron chi connectivity index (χ2n) is 9.71. The molecule has 2 aliphatic heterocycles. The van der Waals surface area contributed by atoms with E-state index >= 15 is 0 Å². The van der Waals surface area contributed by atoms with Crippen LogP contribution in [0.1, 0.15) is 33.6 Å². The van der Waals surface area contributed by atoms with Gasteiger partial charge in [-0.3, -0.25) is 19.2 Å². The number of hydrogen-bond donors (Lipinski definition) is 2. The number of nitriles is 1. The Hall–Kier alpha value is -2.67. The summed E-state index contributed by atoms with van der Waals surface area (Å²) in [5, 5.41) is 15.1. The number of fused-ring (bicyclic) bond motifs is 1. The van der Waals surface area contributed by atoms with Crippen molar-refractivity contribution in [1.29, 1.82) is 5.26 Å². The van der Waals surface area contributed by atoms with Crippen molar-refractivity contribution in [2.45, 2.75) is 51.7 Å². The molecule has 3 aliphatic rings. The van der Waals surface area contributed by atoms with Gasteiger partial charge in [0.05, 0.1) is 6.07 Å². The van der Waals surface area contributed by atoms with Crippen LogP contribution in [-0.2, 0) is 23.9 Å². The van der Waals surface area contributed by atoms with Crippen molar-refractivity contribution in [3.05, 3.63) is 0 Å². The third kappa shape index (κ3) is 4.31. The van der Waals surface area contributed by atoms with Crippen molar-refractivity contribution in [2.24, 2.45) is 23.2 Å². The zero-order valence-electron chi connectivity index (χ0n) is 19.4. The van der Waals surface area contributed by atoms with Crippen molar-refractivity contribution in [2.75, 3.05) is 33.9 Å². The summed E-state index contributed by atoms with van der Waals surface area (Å²) in [7, 11) is 2.95. The molecule has 0 bridgehead atoms. The van der Waals surface area contributed by atoms with Gasteiger partial charge in [0.1, 0.15) is 24.7 Å². The fourth-order valence-corrected chi connectivity index (χ4v) is 5.22. The maximum Gasteiger partial charge on any atom is 0.248 e. The zero-order chi connectivity index (χ0) is 23.8. The summed E-state index contributed by atoms with van der Waals surface area (Å²) < 4.78 is 4.87. The van der Waals surface area contributed by atoms with Crippen molar-refractivity contribution in [1.82, 2.24) is 20.4 Å². The molecule has 1 saturated carbocycles. The van der Waals surface area contributed by atoms with Gasteiger partial charge in [0.15, 0.2) is 0 Å². The summed E-state index contributed by atoms with van der Waals surface area (Å²) in [5.74, 6) is -1.21. The van der Waals surface area contributed by atoms with E-state index in [2.05, 4.69) is 30.6 Å². The first kappa shape index (κ1) is 24.0. The number of methoxy groups -OCH3 is 1. The number of carbonyl (C=O) groups excluding carboxylic acids is 4. The monoisotopic (exact) mass is 447 g/mol. The van der Waals surface area contributed by atoms with Gasteiger partial charge in [0.25, 0.3) is 0 Å². The summed E-state index contributed by atoms with van der Waals surface area (Å²) in [6.45, 7) is 6.67. The van der Waals surface area contributed by atoms with Crippen LogP contribution in [0.5, 0.6) is 0 Å². The molecule has 0 spiro atoms. The Labute approximate surface area is 188 Å². The van der Waals surface area contributed by atoms with Crippen LogP contribution in [0.3, 0.4) is 0 Å². The standard InChI is InChI=1S/C22H33N5O5/c1-12(26(4)16(28)11-32-5)21(31)27-10-15-17(22(15,2)3)18(27)20(30)25-14(9-23)8-13-6-7-24-19(13)29/h12-15,17-18H,6-8,10-11H2,1-5H3,(H,24,29)(H,25,30)/t12-,13-,14-,15-,17-,18-/m0/s1. The highest BCUT2D eigenvalue weighted by atomic mass is 16.5. The highest BCUT2D eigenvalue weighted by molar-refractivity contribution is 5.93. The molecule has 32 heavy (non-hydrogen) atoms. The molecule has 176 valence electrons. The molecule has 1 aliphatic carbocycles. The Balaban J connectivity index is 1.72. The molecule has 2 saturated heterocycles. The molecule has 0 aromatic heterocycles. The number of carbonyl (C=O) groups is 4. The fourth-order valence-electron chi connectivity index (χ4n) is 5.22. The molecule has 0 radical (unpaired) electrons. The molecule has 10 heteroatoms. The molecule has 4 amide bonds. The number of ether oxygens (including phenoxy) is 1. The predicted octanol–water partition coefficient (Wildman–Crippen LogP) is -0.503. The summed E-state index contributed by atoms with van der Waals surface area (Å²) in [5.41, 5.74) is -0.0761. The van der Waals surface area contributed by atoms with Crippen LogP contribution in [0.4, 0.5) is 0 Å². The van der Waals surface area contributed by atoms with Gasteiger partial charge in [-0.1, -0.05) is 13.8 Å². The highest BCUT2D eigenvalue weighted by Gasteiger charge is 2.69. The fraction of sp³-hybridized carbons (Fsp3) is 0.773. The van der Waals surface area contributed by atoms with Gasteiger partial charge in [0, 0.05) is 33.2 Å². The van der Waals surface area contributed by atoms with E-state index in [1.165, 1.54) is 19.1 Å². The Morgan fingerprint density at radius 3 is 2.66 bits per heavy atom. The van der Waals surface area contributed by atoms with E-state index in [1.54, 1.807) is 11.8 Å². The van der Waals surface area contributed by atoms with Gasteiger partial charge >= 0.3 is 0 Å². The molecule has 3 rings (SSSR count). The first-order chi connectivity index (χ1) is 15.0. The number of nitrogens with zero attached hydrogens (tertiary/aromatic N) is 3. The number of likely N-dealkylation sites (N-methyl/N-ethyl adjacent to an activating group) is 1. The Bertz CT molecular complexity index is 837. The average molecular weight is 448 g/mol. The van der Waals surface area contributed by atoms with Crippen LogP contribution in [0.15, 0.2) is 0 Å². The lowest BCUT2D eigenvalue weighted by atomic mass is 9.97. The van der Waals surface area contributed by atoms with Crippen LogP contribution >= 0.6 is 0 Å². The van der Waals surface area contributed by atoms with E-state index in [4.69, 9.17) is 4.74 Å². The first-order valence-electron chi connectivity index (χ1n) is 11.1. The van der Waals surface area contributed by atoms with E-state index in [0.717, 1.165) is 0 Å². The molecule has 0 aromatic rings. The number of likely N-dealkylation sites (tertiary alicyclic amines) is 1. The number of hydrogen-bond acceptors (Lipinski definition) is 6. The molecule has 2 N–H and O–H groups in total. The third-order valence-corrected chi connectivity index (χ3v) is 7.52. The van der Waals surface area contributed by atoms with Crippen LogP contribution in [0.25, 0.3) is 0 Å². The van der Waals surface area contributed by atoms with Crippen molar-refractivity contribution < 1.29 is 23.9 Å². The molecule has 3 fully saturated rings. The molecule has 6 atom stereocenters. The smallest absolute Gasteiger partial charge is 0.248 e. The number of amides is 4. The van der Waals surface area contributed by atoms with Crippen molar-refractivity contribution in [3.63, 3.8) is 0 Å². The van der Waals surface area contributed by atoms with Gasteiger partial charge in [-0.05, 0) is 37.0 Å². The summed E-state index contributed by atoms with van der Waals surface area (Å²) in [4.78, 5) is 53.4. The van der Waals surface area contributed by atoms with Crippen LogP contribution in [-0.4, -0.2) is 85.4 Å². The summed E-state index contributed by atoms with van der Waals surface area (Å²) in [6.07, 6.45) is 0.884. The molecule has 10 nitrogen and oxygen atoms in total. The minimum atomic E-state index is -0.808. The molecular weight excluding hydrogens is 414 g/mol. The molecule has 2 heterocycles. The zero-order valence-corrected chi connectivity index (χ0v) is 19.4. The van der Waals surface area contributed by atoms with Gasteiger partial charge in [-0.25, -0.2) is 0 Å². The van der Waals surface area contributed by atoms with E-state index in [-0.39, 0.29) is 59.8 Å². The van der Waals surface area contributed by atoms with Crippen molar-refractivity contribution >= 4 is 23.6 Å². The Morgan fingerprint density at radius 1 is 1.41 bits per heavy atom. The first-order valence-corrected chi connectivity index (χ1v) is 11.1. The van der Waals surface area contributed by atoms with Gasteiger partial charge in [-0.2, -0.15) is 5.26 Å². The highest BCUT2D eigenvalue weighted by Crippen LogP contribution is 2.64. The summed E-state index contributed by atoms with van der Waals surface area (Å²) >= 11 is 0. The number of piperidine rings is 1. The second kappa shape index (κ2) is 9.06. The third-order valence-electron chi connectivity index (χ3n) is 7.52. The SMILES string of the molecule is COCC(=O)N(C)[C@@H](C)C(=O)N1C[C@H]2[C@@H]([C@H]1C(=O)N[C@H](C#N)C[C@@H]1CCNC1=O)C2(C)C. The van der Waals surface area contributed by atoms with E-state index < -0.39 is 18.1 Å². The lowest BCUT2D eigenvalue weighted by molar-refractivity contribution is -0.149. The minimum Gasteiger partial charge on any atom is -0.375 e. The van der Waals surface area contributed by atoms with Gasteiger partial charge in [0.2, 0.25) is 23.6 Å². The van der Waals surface area contributed by atoms with E-state index in [1.807, 2.05) is 0 Å². The average Bonchev–Trinajstić information content (AvgIpc) is 3.12. The van der Waals surface area contributed by atoms with Gasteiger partial charge in [-0.15, -0.1) is 0 Å². The lowest BCUT2D eigenvalue weighted by Gasteiger charge is -2.34. The molecular formula is C22H33N5O5. The maximum atomic E-state index is 13.3. The normalized spacial score (nSPS) is 29.4. The number of nitrogens with one attached hydrogen (secondary N) is 2. The Kier molecular flexibility index (Phi) is 6.79. The van der Waals surface area contributed by atoms with Crippen LogP contribution in [0.2, 0.25) is 0 Å². The molecule has 0 aromatic carbocycles. The van der Waals surface area contributed by atoms with E-state index in [9.17, 15) is 24.4 Å². The molecule has 0 unspecified atom stereocenters. The number of rotatable bonds is 8. The predicted molar refractivity (Wildman–Crippen MR) is 114 cm³/mol. The largest absolute Gasteiger partial charge is 0.375 e. The topological polar surface area (TPSA) is 132 Å². The van der Waals surface area contributed by atoms with Crippen LogP contribution in [0, 0.1) is 34.5 Å².